The first-order valence-corrected chi connectivity index (χ1v) is 14.9. The van der Waals surface area contributed by atoms with Crippen LogP contribution in [0, 0.1) is 5.92 Å². The van der Waals surface area contributed by atoms with Crippen LogP contribution in [0.5, 0.6) is 0 Å². The number of hydrogen-bond donors (Lipinski definition) is 2. The van der Waals surface area contributed by atoms with Gasteiger partial charge in [-0.05, 0) is 61.2 Å². The summed E-state index contributed by atoms with van der Waals surface area (Å²) in [6.07, 6.45) is 9.15. The fourth-order valence-electron chi connectivity index (χ4n) is 4.62. The molecule has 0 bridgehead atoms. The number of nitrogens with one attached hydrogen (secondary N) is 1. The summed E-state index contributed by atoms with van der Waals surface area (Å²) in [4.78, 5) is 8.13. The van der Waals surface area contributed by atoms with Gasteiger partial charge in [0.25, 0.3) is 10.0 Å². The van der Waals surface area contributed by atoms with Gasteiger partial charge in [0.15, 0.2) is 0 Å². The van der Waals surface area contributed by atoms with E-state index in [-0.39, 0.29) is 21.8 Å². The van der Waals surface area contributed by atoms with E-state index in [9.17, 15) is 16.8 Å². The lowest BCUT2D eigenvalue weighted by atomic mass is 9.99. The van der Waals surface area contributed by atoms with Crippen molar-refractivity contribution in [2.24, 2.45) is 11.1 Å². The fourth-order valence-corrected chi connectivity index (χ4v) is 6.57. The summed E-state index contributed by atoms with van der Waals surface area (Å²) in [5.74, 6) is 0.720. The minimum absolute atomic E-state index is 0.0144. The van der Waals surface area contributed by atoms with Gasteiger partial charge >= 0.3 is 0 Å². The Labute approximate surface area is 212 Å². The zero-order chi connectivity index (χ0) is 25.8. The summed E-state index contributed by atoms with van der Waals surface area (Å²) in [5.41, 5.74) is 1.19. The Bertz CT molecular complexity index is 1380. The predicted molar refractivity (Wildman–Crippen MR) is 138 cm³/mol. The summed E-state index contributed by atoms with van der Waals surface area (Å²) in [6.45, 7) is 2.62. The van der Waals surface area contributed by atoms with Gasteiger partial charge in [-0.1, -0.05) is 43.9 Å². The lowest BCUT2D eigenvalue weighted by molar-refractivity contribution is 0.404. The van der Waals surface area contributed by atoms with Gasteiger partial charge in [-0.25, -0.2) is 36.2 Å². The number of sulfonamides is 2. The molecule has 9 nitrogen and oxygen atoms in total. The van der Waals surface area contributed by atoms with Crippen LogP contribution < -0.4 is 14.8 Å². The number of para-hydroxylation sites is 1. The van der Waals surface area contributed by atoms with Gasteiger partial charge in [0, 0.05) is 25.0 Å². The first kappa shape index (κ1) is 26.2. The van der Waals surface area contributed by atoms with Gasteiger partial charge in [0.05, 0.1) is 15.5 Å². The molecule has 1 fully saturated rings. The number of hydrogen-bond acceptors (Lipinski definition) is 7. The molecule has 1 aliphatic rings. The third-order valence-corrected chi connectivity index (χ3v) is 9.08. The van der Waals surface area contributed by atoms with Crippen molar-refractivity contribution in [2.75, 3.05) is 4.31 Å². The molecule has 3 N–H and O–H groups in total. The number of rotatable bonds is 10. The van der Waals surface area contributed by atoms with Crippen LogP contribution >= 0.6 is 0 Å². The molecule has 1 aliphatic carbocycles. The van der Waals surface area contributed by atoms with Crippen LogP contribution in [0.25, 0.3) is 0 Å². The minimum Gasteiger partial charge on any atom is -0.310 e. The van der Waals surface area contributed by atoms with Gasteiger partial charge in [-0.2, -0.15) is 0 Å². The smallest absolute Gasteiger partial charge is 0.271 e. The van der Waals surface area contributed by atoms with Crippen molar-refractivity contribution in [2.45, 2.75) is 61.4 Å². The average Bonchev–Trinajstić information content (AvgIpc) is 3.37. The van der Waals surface area contributed by atoms with Gasteiger partial charge in [0.2, 0.25) is 16.0 Å². The standard InChI is InChI=1S/C25H31N5O4S2/c1-19(17-20-7-2-3-8-20)29-18-21-9-4-5-10-24(21)30(25-27-15-6-16-28-25)36(33,34)23-13-11-22(12-14-23)35(26,31)32/h4-6,9-16,19-20,29H,2-3,7-8,17-18H2,1H3,(H2,26,31,32)/t19-/m0/s1. The van der Waals surface area contributed by atoms with Crippen molar-refractivity contribution in [1.29, 1.82) is 0 Å². The van der Waals surface area contributed by atoms with Crippen molar-refractivity contribution in [3.63, 3.8) is 0 Å². The van der Waals surface area contributed by atoms with E-state index < -0.39 is 20.0 Å². The average molecular weight is 530 g/mol. The normalized spacial score (nSPS) is 15.6. The van der Waals surface area contributed by atoms with Gasteiger partial charge in [-0.15, -0.1) is 0 Å². The minimum atomic E-state index is -4.20. The molecule has 0 aliphatic heterocycles. The van der Waals surface area contributed by atoms with Crippen LogP contribution in [0.1, 0.15) is 44.6 Å². The first-order valence-electron chi connectivity index (χ1n) is 11.9. The lowest BCUT2D eigenvalue weighted by Crippen LogP contribution is -2.31. The second kappa shape index (κ2) is 11.0. The number of aromatic nitrogens is 2. The molecule has 0 unspecified atom stereocenters. The van der Waals surface area contributed by atoms with Crippen LogP contribution in [0.3, 0.4) is 0 Å². The molecule has 0 amide bonds. The molecule has 1 saturated carbocycles. The van der Waals surface area contributed by atoms with Crippen molar-refractivity contribution in [3.8, 4) is 0 Å². The molecule has 11 heteroatoms. The Morgan fingerprint density at radius 3 is 2.19 bits per heavy atom. The number of anilines is 2. The number of nitrogens with two attached hydrogens (primary N) is 1. The van der Waals surface area contributed by atoms with E-state index in [0.717, 1.165) is 22.2 Å². The van der Waals surface area contributed by atoms with Crippen LogP contribution in [-0.4, -0.2) is 32.8 Å². The Morgan fingerprint density at radius 1 is 0.944 bits per heavy atom. The largest absolute Gasteiger partial charge is 0.310 e. The quantitative estimate of drug-likeness (QED) is 0.409. The van der Waals surface area contributed by atoms with E-state index in [0.29, 0.717) is 12.2 Å². The van der Waals surface area contributed by atoms with Crippen molar-refractivity contribution in [1.82, 2.24) is 15.3 Å². The van der Waals surface area contributed by atoms with E-state index in [4.69, 9.17) is 5.14 Å². The number of benzene rings is 2. The summed E-state index contributed by atoms with van der Waals surface area (Å²) in [6, 6.07) is 13.9. The Kier molecular flexibility index (Phi) is 8.04. The highest BCUT2D eigenvalue weighted by atomic mass is 32.2. The molecule has 0 saturated heterocycles. The van der Waals surface area contributed by atoms with E-state index in [2.05, 4.69) is 22.2 Å². The van der Waals surface area contributed by atoms with Crippen molar-refractivity contribution < 1.29 is 16.8 Å². The molecule has 3 aromatic rings. The molecule has 2 aromatic carbocycles. The highest BCUT2D eigenvalue weighted by Gasteiger charge is 2.31. The highest BCUT2D eigenvalue weighted by molar-refractivity contribution is 7.93. The Hall–Kier alpha value is -2.86. The third kappa shape index (κ3) is 6.09. The van der Waals surface area contributed by atoms with E-state index in [1.165, 1.54) is 62.3 Å². The maximum atomic E-state index is 13.9. The summed E-state index contributed by atoms with van der Waals surface area (Å²) < 4.78 is 52.1. The van der Waals surface area contributed by atoms with Crippen LogP contribution in [-0.2, 0) is 26.6 Å². The second-order valence-corrected chi connectivity index (χ2v) is 12.5. The fraction of sp³-hybridized carbons (Fsp3) is 0.360. The molecule has 36 heavy (non-hydrogen) atoms. The Morgan fingerprint density at radius 2 is 1.56 bits per heavy atom. The van der Waals surface area contributed by atoms with Gasteiger partial charge in [-0.3, -0.25) is 0 Å². The van der Waals surface area contributed by atoms with E-state index >= 15 is 0 Å². The molecular weight excluding hydrogens is 498 g/mol. The molecular formula is C25H31N5O4S2. The van der Waals surface area contributed by atoms with E-state index in [1.54, 1.807) is 18.2 Å². The zero-order valence-corrected chi connectivity index (χ0v) is 21.7. The lowest BCUT2D eigenvalue weighted by Gasteiger charge is -2.26. The van der Waals surface area contributed by atoms with Gasteiger partial charge < -0.3 is 5.32 Å². The maximum Gasteiger partial charge on any atom is 0.271 e. The van der Waals surface area contributed by atoms with Crippen molar-refractivity contribution >= 4 is 31.7 Å². The van der Waals surface area contributed by atoms with Crippen LogP contribution in [0.4, 0.5) is 11.6 Å². The van der Waals surface area contributed by atoms with Gasteiger partial charge in [0.1, 0.15) is 0 Å². The molecule has 0 radical (unpaired) electrons. The molecule has 1 heterocycles. The van der Waals surface area contributed by atoms with Crippen LogP contribution in [0.15, 0.2) is 76.8 Å². The molecule has 1 aromatic heterocycles. The topological polar surface area (TPSA) is 135 Å². The van der Waals surface area contributed by atoms with Crippen LogP contribution in [0.2, 0.25) is 0 Å². The summed E-state index contributed by atoms with van der Waals surface area (Å²) in [7, 11) is -8.17. The van der Waals surface area contributed by atoms with Crippen molar-refractivity contribution in [3.05, 3.63) is 72.6 Å². The molecule has 4 rings (SSSR count). The van der Waals surface area contributed by atoms with E-state index in [1.807, 2.05) is 12.1 Å². The summed E-state index contributed by atoms with van der Waals surface area (Å²) in [5, 5.41) is 8.72. The second-order valence-electron chi connectivity index (χ2n) is 9.13. The third-order valence-electron chi connectivity index (χ3n) is 6.44. The SMILES string of the molecule is C[C@@H](CC1CCCC1)NCc1ccccc1N(c1ncccn1)S(=O)(=O)c1ccc(S(N)(=O)=O)cc1. The highest BCUT2D eigenvalue weighted by Crippen LogP contribution is 2.33. The Balaban J connectivity index is 1.68. The molecule has 192 valence electrons. The molecule has 0 spiro atoms. The maximum absolute atomic E-state index is 13.9. The number of primary sulfonamides is 1. The zero-order valence-electron chi connectivity index (χ0n) is 20.1. The first-order chi connectivity index (χ1) is 17.2. The monoisotopic (exact) mass is 529 g/mol. The predicted octanol–water partition coefficient (Wildman–Crippen LogP) is 3.71. The number of nitrogens with zero attached hydrogens (tertiary/aromatic N) is 3. The summed E-state index contributed by atoms with van der Waals surface area (Å²) >= 11 is 0. The molecule has 1 atom stereocenters.